The molecule has 0 aliphatic rings. The number of aliphatic hydroxyl groups is 1. The molecule has 0 aromatic carbocycles. The van der Waals surface area contributed by atoms with Crippen molar-refractivity contribution in [3.05, 3.63) is 6.79 Å². The summed E-state index contributed by atoms with van der Waals surface area (Å²) < 4.78 is 3.85. The van der Waals surface area contributed by atoms with Gasteiger partial charge in [-0.3, -0.25) is 0 Å². The van der Waals surface area contributed by atoms with Crippen molar-refractivity contribution in [3.63, 3.8) is 0 Å². The summed E-state index contributed by atoms with van der Waals surface area (Å²) in [6, 6.07) is 0. The molecule has 2 nitrogen and oxygen atoms in total. The Morgan fingerprint density at radius 1 is 2.00 bits per heavy atom. The van der Waals surface area contributed by atoms with Gasteiger partial charge >= 0.3 is 0 Å². The van der Waals surface area contributed by atoms with Crippen LogP contribution in [0.2, 0.25) is 0 Å². The molecular formula is C2H4O2. The summed E-state index contributed by atoms with van der Waals surface area (Å²) in [6.45, 7) is 1.43. The molecule has 0 aromatic rings. The molecule has 24 valence electrons. The minimum atomic E-state index is 1.32. The number of aliphatic hydroxyl groups excluding tert-OH is 1. The van der Waals surface area contributed by atoms with Crippen molar-refractivity contribution in [2.75, 3.05) is 7.11 Å². The quantitative estimate of drug-likeness (QED) is 0.461. The van der Waals surface area contributed by atoms with E-state index in [2.05, 4.69) is 4.74 Å². The molecule has 0 unspecified atom stereocenters. The second-order valence-electron chi connectivity index (χ2n) is 0.295. The topological polar surface area (TPSA) is 29.5 Å². The van der Waals surface area contributed by atoms with Crippen LogP contribution in [-0.4, -0.2) is 12.2 Å². The molecule has 0 aromatic heterocycles. The normalized spacial score (nSPS) is 7.50. The molecule has 0 saturated carbocycles. The van der Waals surface area contributed by atoms with Gasteiger partial charge in [-0.1, -0.05) is 0 Å². The largest absolute Gasteiger partial charge is 0.357 e. The third-order valence-electron chi connectivity index (χ3n) is 0.0913. The first kappa shape index (κ1) is 3.92. The minimum Gasteiger partial charge on any atom is -0.357 e. The third-order valence-corrected chi connectivity index (χ3v) is 0.0913. The second-order valence-corrected chi connectivity index (χ2v) is 0.295. The Kier molecular flexibility index (Phi) is 2.86. The maximum absolute atomic E-state index is 7.40. The first-order valence-corrected chi connectivity index (χ1v) is 0.836. The van der Waals surface area contributed by atoms with E-state index in [1.165, 1.54) is 13.9 Å². The van der Waals surface area contributed by atoms with Gasteiger partial charge in [-0.2, -0.15) is 0 Å². The van der Waals surface area contributed by atoms with Crippen LogP contribution >= 0.6 is 0 Å². The molecule has 2 radical (unpaired) electrons. The summed E-state index contributed by atoms with van der Waals surface area (Å²) in [4.78, 5) is 0. The number of rotatable bonds is 1. The highest BCUT2D eigenvalue weighted by Crippen LogP contribution is 1.56. The van der Waals surface area contributed by atoms with E-state index in [1.807, 2.05) is 0 Å². The summed E-state index contributed by atoms with van der Waals surface area (Å²) in [5.74, 6) is 0. The van der Waals surface area contributed by atoms with Crippen LogP contribution in [0.5, 0.6) is 0 Å². The van der Waals surface area contributed by atoms with Gasteiger partial charge in [0.05, 0.1) is 0 Å². The van der Waals surface area contributed by atoms with E-state index in [0.717, 1.165) is 0 Å². The lowest BCUT2D eigenvalue weighted by Crippen LogP contribution is -1.69. The van der Waals surface area contributed by atoms with Crippen LogP contribution in [0.4, 0.5) is 0 Å². The maximum Gasteiger partial charge on any atom is 0.288 e. The summed E-state index contributed by atoms with van der Waals surface area (Å²) in [7, 11) is 1.32. The molecule has 0 amide bonds. The van der Waals surface area contributed by atoms with Crippen molar-refractivity contribution >= 4 is 0 Å². The average molecular weight is 60.1 g/mol. The third kappa shape index (κ3) is 1.92. The first-order valence-electron chi connectivity index (χ1n) is 0.836. The smallest absolute Gasteiger partial charge is 0.288 e. The molecule has 0 aliphatic carbocycles. The zero-order valence-corrected chi connectivity index (χ0v) is 2.36. The molecule has 0 fully saturated rings. The maximum atomic E-state index is 7.40. The van der Waals surface area contributed by atoms with Gasteiger partial charge in [-0.25, -0.2) is 0 Å². The summed E-state index contributed by atoms with van der Waals surface area (Å²) in [5.41, 5.74) is 0. The molecule has 0 atom stereocenters. The van der Waals surface area contributed by atoms with Gasteiger partial charge in [0.15, 0.2) is 0 Å². The van der Waals surface area contributed by atoms with E-state index in [9.17, 15) is 0 Å². The van der Waals surface area contributed by atoms with Gasteiger partial charge in [0.1, 0.15) is 0 Å². The molecule has 0 heterocycles. The van der Waals surface area contributed by atoms with Crippen molar-refractivity contribution in [2.45, 2.75) is 0 Å². The van der Waals surface area contributed by atoms with E-state index in [-0.39, 0.29) is 0 Å². The van der Waals surface area contributed by atoms with Crippen LogP contribution in [0, 0.1) is 6.79 Å². The van der Waals surface area contributed by atoms with Gasteiger partial charge in [0.2, 0.25) is 0 Å². The van der Waals surface area contributed by atoms with E-state index in [1.54, 1.807) is 0 Å². The molecule has 0 spiro atoms. The number of hydrogen-bond donors (Lipinski definition) is 1. The van der Waals surface area contributed by atoms with Crippen LogP contribution in [0.1, 0.15) is 0 Å². The number of hydrogen-bond acceptors (Lipinski definition) is 2. The SMILES string of the molecule is CO[C]O. The van der Waals surface area contributed by atoms with Crippen LogP contribution in [0.3, 0.4) is 0 Å². The summed E-state index contributed by atoms with van der Waals surface area (Å²) >= 11 is 0. The lowest BCUT2D eigenvalue weighted by Gasteiger charge is -1.71. The van der Waals surface area contributed by atoms with Gasteiger partial charge in [0, 0.05) is 7.11 Å². The standard InChI is InChI=1S/C2H4O2/c1-4-2-3/h3H,1H3. The number of methoxy groups -OCH3 is 1. The highest BCUT2D eigenvalue weighted by molar-refractivity contribution is 4.02. The van der Waals surface area contributed by atoms with E-state index in [4.69, 9.17) is 5.11 Å². The predicted molar refractivity (Wildman–Crippen MR) is 12.2 cm³/mol. The van der Waals surface area contributed by atoms with Crippen molar-refractivity contribution < 1.29 is 9.84 Å². The Hall–Kier alpha value is -0.0800. The molecule has 0 bridgehead atoms. The summed E-state index contributed by atoms with van der Waals surface area (Å²) in [5, 5.41) is 7.40. The highest BCUT2D eigenvalue weighted by atomic mass is 16.6. The highest BCUT2D eigenvalue weighted by Gasteiger charge is 1.59. The Bertz CT molecular complexity index is 6.00. The fraction of sp³-hybridized carbons (Fsp3) is 0.500. The van der Waals surface area contributed by atoms with Crippen molar-refractivity contribution in [3.8, 4) is 0 Å². The Labute approximate surface area is 25.0 Å². The van der Waals surface area contributed by atoms with Crippen molar-refractivity contribution in [1.29, 1.82) is 0 Å². The first-order chi connectivity index (χ1) is 1.91. The fourth-order valence-corrected chi connectivity index (χ4v) is 0. The summed E-state index contributed by atoms with van der Waals surface area (Å²) in [6.07, 6.45) is 0. The lowest BCUT2D eigenvalue weighted by molar-refractivity contribution is 0.120. The molecule has 0 saturated heterocycles. The van der Waals surface area contributed by atoms with Crippen molar-refractivity contribution in [2.24, 2.45) is 0 Å². The lowest BCUT2D eigenvalue weighted by atomic mass is 11.4. The number of ether oxygens (including phenoxy) is 1. The Balaban J connectivity index is 1.97. The molecule has 0 aliphatic heterocycles. The van der Waals surface area contributed by atoms with Gasteiger partial charge in [-0.15, -0.1) is 0 Å². The molecule has 4 heavy (non-hydrogen) atoms. The molecule has 0 rings (SSSR count). The van der Waals surface area contributed by atoms with Gasteiger partial charge < -0.3 is 9.84 Å². The second kappa shape index (κ2) is 2.92. The zero-order chi connectivity index (χ0) is 3.41. The predicted octanol–water partition coefficient (Wildman–Crippen LogP) is 0.00159. The van der Waals surface area contributed by atoms with Gasteiger partial charge in [0.25, 0.3) is 6.79 Å². The van der Waals surface area contributed by atoms with Crippen LogP contribution in [0.25, 0.3) is 0 Å². The molecule has 2 heteroatoms. The minimum absolute atomic E-state index is 1.32. The van der Waals surface area contributed by atoms with E-state index < -0.39 is 0 Å². The fourth-order valence-electron chi connectivity index (χ4n) is 0. The van der Waals surface area contributed by atoms with E-state index >= 15 is 0 Å². The van der Waals surface area contributed by atoms with Crippen molar-refractivity contribution in [1.82, 2.24) is 0 Å². The molecule has 1 N–H and O–H groups in total. The van der Waals surface area contributed by atoms with Gasteiger partial charge in [-0.05, 0) is 0 Å². The average Bonchev–Trinajstić information content (AvgIpc) is 1.37. The van der Waals surface area contributed by atoms with E-state index in [0.29, 0.717) is 0 Å². The van der Waals surface area contributed by atoms with Crippen LogP contribution < -0.4 is 0 Å². The monoisotopic (exact) mass is 60.0 g/mol. The Morgan fingerprint density at radius 3 is 2.25 bits per heavy atom. The zero-order valence-electron chi connectivity index (χ0n) is 2.36. The molecular weight excluding hydrogens is 56.0 g/mol. The van der Waals surface area contributed by atoms with Crippen LogP contribution in [0.15, 0.2) is 0 Å². The Morgan fingerprint density at radius 2 is 2.25 bits per heavy atom. The van der Waals surface area contributed by atoms with Crippen LogP contribution in [-0.2, 0) is 4.74 Å².